The monoisotopic (exact) mass is 300 g/mol. The number of esters is 1. The van der Waals surface area contributed by atoms with Crippen LogP contribution in [0.3, 0.4) is 0 Å². The molecule has 118 valence electrons. The average Bonchev–Trinajstić information content (AvgIpc) is 2.46. The highest BCUT2D eigenvalue weighted by atomic mass is 16.6. The molecule has 22 heavy (non-hydrogen) atoms. The van der Waals surface area contributed by atoms with Crippen LogP contribution in [0.4, 0.5) is 0 Å². The van der Waals surface area contributed by atoms with Crippen LogP contribution in [0.25, 0.3) is 0 Å². The summed E-state index contributed by atoms with van der Waals surface area (Å²) in [5, 5.41) is 0. The second kappa shape index (κ2) is 4.56. The van der Waals surface area contributed by atoms with E-state index >= 15 is 0 Å². The highest BCUT2D eigenvalue weighted by Gasteiger charge is 2.56. The van der Waals surface area contributed by atoms with Crippen molar-refractivity contribution in [1.82, 2.24) is 0 Å². The van der Waals surface area contributed by atoms with Gasteiger partial charge in [0.05, 0.1) is 0 Å². The molecule has 0 radical (unpaired) electrons. The Morgan fingerprint density at radius 2 is 1.91 bits per heavy atom. The van der Waals surface area contributed by atoms with Crippen molar-refractivity contribution in [2.45, 2.75) is 58.0 Å². The summed E-state index contributed by atoms with van der Waals surface area (Å²) in [4.78, 5) is 23.4. The minimum atomic E-state index is -0.262. The Morgan fingerprint density at radius 1 is 1.09 bits per heavy atom. The molecule has 0 spiro atoms. The second-order valence-corrected chi connectivity index (χ2v) is 7.97. The summed E-state index contributed by atoms with van der Waals surface area (Å²) in [6.45, 7) is 4.44. The fourth-order valence-electron chi connectivity index (χ4n) is 5.72. The molecule has 4 rings (SSSR count). The molecular weight excluding hydrogens is 276 g/mol. The smallest absolute Gasteiger partial charge is 0.306 e. The third kappa shape index (κ3) is 1.87. The summed E-state index contributed by atoms with van der Waals surface area (Å²) >= 11 is 0. The van der Waals surface area contributed by atoms with Gasteiger partial charge >= 0.3 is 5.97 Å². The lowest BCUT2D eigenvalue weighted by atomic mass is 9.49. The first-order valence-corrected chi connectivity index (χ1v) is 8.58. The van der Waals surface area contributed by atoms with Crippen LogP contribution in [0, 0.1) is 23.2 Å². The van der Waals surface area contributed by atoms with Gasteiger partial charge in [-0.3, -0.25) is 9.59 Å². The van der Waals surface area contributed by atoms with E-state index in [1.165, 1.54) is 5.57 Å². The maximum absolute atomic E-state index is 11.7. The SMILES string of the molecule is C[C@]12C=CC(=O)C=C1CC[C@@H]1C2CC[C@]2(C)OC(=O)CCC12. The van der Waals surface area contributed by atoms with Gasteiger partial charge in [0.1, 0.15) is 5.60 Å². The molecule has 0 aromatic heterocycles. The van der Waals surface area contributed by atoms with Gasteiger partial charge in [-0.15, -0.1) is 0 Å². The summed E-state index contributed by atoms with van der Waals surface area (Å²) in [6, 6.07) is 0. The molecule has 0 amide bonds. The van der Waals surface area contributed by atoms with E-state index in [4.69, 9.17) is 4.74 Å². The molecule has 3 nitrogen and oxygen atoms in total. The topological polar surface area (TPSA) is 43.4 Å². The Bertz CT molecular complexity index is 602. The quantitative estimate of drug-likeness (QED) is 0.642. The number of allylic oxidation sites excluding steroid dienone is 4. The van der Waals surface area contributed by atoms with Crippen molar-refractivity contribution in [1.29, 1.82) is 0 Å². The van der Waals surface area contributed by atoms with E-state index in [0.717, 1.165) is 32.1 Å². The first kappa shape index (κ1) is 14.2. The van der Waals surface area contributed by atoms with Gasteiger partial charge in [0, 0.05) is 17.8 Å². The molecule has 3 heteroatoms. The van der Waals surface area contributed by atoms with Crippen molar-refractivity contribution in [3.63, 3.8) is 0 Å². The van der Waals surface area contributed by atoms with E-state index in [1.807, 2.05) is 6.08 Å². The molecule has 1 aliphatic heterocycles. The summed E-state index contributed by atoms with van der Waals surface area (Å²) in [5.74, 6) is 1.77. The molecule has 2 saturated carbocycles. The van der Waals surface area contributed by atoms with E-state index in [-0.39, 0.29) is 22.8 Å². The summed E-state index contributed by atoms with van der Waals surface area (Å²) in [5.41, 5.74) is 1.08. The van der Waals surface area contributed by atoms with E-state index < -0.39 is 0 Å². The first-order valence-electron chi connectivity index (χ1n) is 8.58. The molecule has 3 fully saturated rings. The van der Waals surface area contributed by atoms with Crippen LogP contribution in [-0.4, -0.2) is 17.4 Å². The third-order valence-corrected chi connectivity index (χ3v) is 6.90. The molecule has 0 N–H and O–H groups in total. The highest BCUT2D eigenvalue weighted by Crippen LogP contribution is 2.60. The van der Waals surface area contributed by atoms with Gasteiger partial charge in [-0.1, -0.05) is 18.6 Å². The predicted molar refractivity (Wildman–Crippen MR) is 83.0 cm³/mol. The van der Waals surface area contributed by atoms with Crippen LogP contribution in [-0.2, 0) is 14.3 Å². The fraction of sp³-hybridized carbons (Fsp3) is 0.684. The molecule has 4 aliphatic rings. The zero-order valence-corrected chi connectivity index (χ0v) is 13.4. The molecule has 0 aromatic rings. The van der Waals surface area contributed by atoms with Crippen molar-refractivity contribution in [2.75, 3.05) is 0 Å². The van der Waals surface area contributed by atoms with Gasteiger partial charge in [-0.25, -0.2) is 0 Å². The number of carbonyl (C=O) groups is 2. The van der Waals surface area contributed by atoms with Crippen molar-refractivity contribution in [3.8, 4) is 0 Å². The minimum Gasteiger partial charge on any atom is -0.459 e. The molecule has 1 heterocycles. The summed E-state index contributed by atoms with van der Waals surface area (Å²) in [6.07, 6.45) is 11.5. The third-order valence-electron chi connectivity index (χ3n) is 6.90. The molecule has 3 aliphatic carbocycles. The van der Waals surface area contributed by atoms with Crippen molar-refractivity contribution in [3.05, 3.63) is 23.8 Å². The Balaban J connectivity index is 1.68. The zero-order chi connectivity index (χ0) is 15.5. The predicted octanol–water partition coefficient (Wildman–Crippen LogP) is 3.59. The number of hydrogen-bond donors (Lipinski definition) is 0. The Morgan fingerprint density at radius 3 is 2.73 bits per heavy atom. The van der Waals surface area contributed by atoms with Crippen molar-refractivity contribution < 1.29 is 14.3 Å². The standard InChI is InChI=1S/C19H24O3/c1-18-9-7-13(20)11-12(18)3-4-14-15(18)8-10-19(2)16(14)5-6-17(21)22-19/h7,9,11,14-16H,3-6,8,10H2,1-2H3/t14-,15?,16?,18+,19+/m1/s1. The normalized spacial score (nSPS) is 47.0. The summed E-state index contributed by atoms with van der Waals surface area (Å²) in [7, 11) is 0. The first-order chi connectivity index (χ1) is 10.4. The van der Waals surface area contributed by atoms with Gasteiger partial charge in [0.2, 0.25) is 0 Å². The molecule has 2 unspecified atom stereocenters. The van der Waals surface area contributed by atoms with Crippen LogP contribution in [0.15, 0.2) is 23.8 Å². The van der Waals surface area contributed by atoms with Crippen molar-refractivity contribution >= 4 is 11.8 Å². The Hall–Kier alpha value is -1.38. The van der Waals surface area contributed by atoms with Crippen LogP contribution in [0.5, 0.6) is 0 Å². The number of ether oxygens (including phenoxy) is 1. The van der Waals surface area contributed by atoms with Gasteiger partial charge < -0.3 is 4.74 Å². The molecule has 0 bridgehead atoms. The largest absolute Gasteiger partial charge is 0.459 e. The van der Waals surface area contributed by atoms with Crippen LogP contribution in [0.2, 0.25) is 0 Å². The maximum Gasteiger partial charge on any atom is 0.306 e. The van der Waals surface area contributed by atoms with Crippen LogP contribution in [0.1, 0.15) is 52.4 Å². The molecule has 1 saturated heterocycles. The number of ketones is 1. The number of carbonyl (C=O) groups excluding carboxylic acids is 2. The van der Waals surface area contributed by atoms with Gasteiger partial charge in [0.15, 0.2) is 5.78 Å². The average molecular weight is 300 g/mol. The summed E-state index contributed by atoms with van der Waals surface area (Å²) < 4.78 is 5.79. The van der Waals surface area contributed by atoms with Gasteiger partial charge in [-0.05, 0) is 63.0 Å². The maximum atomic E-state index is 11.7. The molecule has 0 aromatic carbocycles. The lowest BCUT2D eigenvalue weighted by Gasteiger charge is -2.58. The number of fused-ring (bicyclic) bond motifs is 5. The minimum absolute atomic E-state index is 0.0250. The lowest BCUT2D eigenvalue weighted by Crippen LogP contribution is -2.56. The highest BCUT2D eigenvalue weighted by molar-refractivity contribution is 6.01. The van der Waals surface area contributed by atoms with E-state index in [0.29, 0.717) is 24.2 Å². The Kier molecular flexibility index (Phi) is 2.95. The Labute approximate surface area is 131 Å². The lowest BCUT2D eigenvalue weighted by molar-refractivity contribution is -0.192. The van der Waals surface area contributed by atoms with Crippen LogP contribution < -0.4 is 0 Å². The number of hydrogen-bond acceptors (Lipinski definition) is 3. The molecule has 5 atom stereocenters. The van der Waals surface area contributed by atoms with Gasteiger partial charge in [-0.2, -0.15) is 0 Å². The molecular formula is C19H24O3. The van der Waals surface area contributed by atoms with E-state index in [2.05, 4.69) is 19.9 Å². The van der Waals surface area contributed by atoms with Crippen LogP contribution >= 0.6 is 0 Å². The van der Waals surface area contributed by atoms with E-state index in [1.54, 1.807) is 6.08 Å². The van der Waals surface area contributed by atoms with E-state index in [9.17, 15) is 9.59 Å². The second-order valence-electron chi connectivity index (χ2n) is 7.97. The number of rotatable bonds is 0. The fourth-order valence-corrected chi connectivity index (χ4v) is 5.72. The van der Waals surface area contributed by atoms with Crippen molar-refractivity contribution in [2.24, 2.45) is 23.2 Å². The zero-order valence-electron chi connectivity index (χ0n) is 13.4. The van der Waals surface area contributed by atoms with Gasteiger partial charge in [0.25, 0.3) is 0 Å².